The van der Waals surface area contributed by atoms with Crippen molar-refractivity contribution in [2.45, 2.75) is 19.0 Å². The topological polar surface area (TPSA) is 87.9 Å². The average Bonchev–Trinajstić information content (AvgIpc) is 2.91. The molecule has 186 valence electrons. The number of nitrogens with one attached hydrogen (secondary N) is 1. The molecular weight excluding hydrogens is 463 g/mol. The van der Waals surface area contributed by atoms with E-state index in [9.17, 15) is 19.3 Å². The van der Waals surface area contributed by atoms with Gasteiger partial charge in [0.05, 0.1) is 24.0 Å². The Hall–Kier alpha value is -4.14. The summed E-state index contributed by atoms with van der Waals surface area (Å²) in [7, 11) is 1.63. The summed E-state index contributed by atoms with van der Waals surface area (Å²) in [5.74, 6) is -0.238. The van der Waals surface area contributed by atoms with Gasteiger partial charge in [0.25, 0.3) is 5.69 Å². The van der Waals surface area contributed by atoms with Gasteiger partial charge in [-0.15, -0.1) is 0 Å². The van der Waals surface area contributed by atoms with Gasteiger partial charge in [0.15, 0.2) is 0 Å². The second-order valence-electron chi connectivity index (χ2n) is 9.09. The fraction of sp³-hybridized carbons (Fsp3) is 0.296. The highest BCUT2D eigenvalue weighted by molar-refractivity contribution is 5.82. The summed E-state index contributed by atoms with van der Waals surface area (Å²) in [6, 6.07) is 18.9. The number of piperazine rings is 1. The molecule has 0 aliphatic carbocycles. The number of methoxy groups -OCH3 is 1. The molecule has 2 aliphatic heterocycles. The molecule has 2 heterocycles. The molecule has 1 saturated heterocycles. The first-order valence-corrected chi connectivity index (χ1v) is 11.9. The Balaban J connectivity index is 1.43. The van der Waals surface area contributed by atoms with E-state index in [1.54, 1.807) is 37.4 Å². The van der Waals surface area contributed by atoms with Crippen LogP contribution in [0, 0.1) is 21.8 Å². The third-order valence-electron chi connectivity index (χ3n) is 7.09. The number of benzene rings is 3. The fourth-order valence-corrected chi connectivity index (χ4v) is 5.21. The van der Waals surface area contributed by atoms with E-state index in [0.29, 0.717) is 25.1 Å². The van der Waals surface area contributed by atoms with Gasteiger partial charge in [0.2, 0.25) is 5.91 Å². The van der Waals surface area contributed by atoms with Crippen LogP contribution in [-0.4, -0.2) is 43.6 Å². The first-order chi connectivity index (χ1) is 17.4. The number of nitrogens with zero attached hydrogens (tertiary/aromatic N) is 3. The lowest BCUT2D eigenvalue weighted by atomic mass is 9.83. The molecule has 0 bridgehead atoms. The van der Waals surface area contributed by atoms with Crippen LogP contribution in [0.4, 0.5) is 21.5 Å². The Kier molecular flexibility index (Phi) is 6.45. The minimum absolute atomic E-state index is 0.00887. The number of ether oxygens (including phenoxy) is 1. The minimum Gasteiger partial charge on any atom is -0.497 e. The van der Waals surface area contributed by atoms with Crippen LogP contribution in [0.2, 0.25) is 0 Å². The summed E-state index contributed by atoms with van der Waals surface area (Å²) in [5, 5.41) is 14.3. The van der Waals surface area contributed by atoms with Crippen LogP contribution < -0.4 is 19.9 Å². The van der Waals surface area contributed by atoms with Crippen LogP contribution in [0.1, 0.15) is 11.1 Å². The number of halogens is 1. The molecule has 0 radical (unpaired) electrons. The second-order valence-corrected chi connectivity index (χ2v) is 9.09. The van der Waals surface area contributed by atoms with E-state index < -0.39 is 10.8 Å². The first-order valence-electron chi connectivity index (χ1n) is 11.9. The molecule has 0 spiro atoms. The second kappa shape index (κ2) is 9.85. The summed E-state index contributed by atoms with van der Waals surface area (Å²) >= 11 is 0. The smallest absolute Gasteiger partial charge is 0.269 e. The number of non-ortho nitro benzene ring substituents is 1. The SMILES string of the molecule is COc1ccc(N2CCN3c4ccc([N+](=O)[O-])cc4CC(C(=O)NCc4ccccc4F)C3C2)cc1. The van der Waals surface area contributed by atoms with Gasteiger partial charge in [-0.2, -0.15) is 0 Å². The highest BCUT2D eigenvalue weighted by Crippen LogP contribution is 2.38. The predicted octanol–water partition coefficient (Wildman–Crippen LogP) is 3.93. The Bertz CT molecular complexity index is 1280. The summed E-state index contributed by atoms with van der Waals surface area (Å²) < 4.78 is 19.4. The first kappa shape index (κ1) is 23.6. The largest absolute Gasteiger partial charge is 0.497 e. The molecule has 3 aromatic carbocycles. The van der Waals surface area contributed by atoms with Crippen molar-refractivity contribution in [3.05, 3.63) is 93.8 Å². The van der Waals surface area contributed by atoms with Crippen LogP contribution >= 0.6 is 0 Å². The number of anilines is 2. The molecule has 1 N–H and O–H groups in total. The Morgan fingerprint density at radius 2 is 1.92 bits per heavy atom. The van der Waals surface area contributed by atoms with Crippen LogP contribution in [0.15, 0.2) is 66.7 Å². The number of carbonyl (C=O) groups is 1. The highest BCUT2D eigenvalue weighted by Gasteiger charge is 2.42. The fourth-order valence-electron chi connectivity index (χ4n) is 5.21. The van der Waals surface area contributed by atoms with E-state index in [2.05, 4.69) is 15.1 Å². The molecular formula is C27H27FN4O4. The number of nitro benzene ring substituents is 1. The minimum atomic E-state index is -0.452. The van der Waals surface area contributed by atoms with Crippen LogP contribution in [-0.2, 0) is 17.8 Å². The maximum atomic E-state index is 14.1. The number of carbonyl (C=O) groups excluding carboxylic acids is 1. The number of fused-ring (bicyclic) bond motifs is 3. The molecule has 2 unspecified atom stereocenters. The van der Waals surface area contributed by atoms with Crippen molar-refractivity contribution in [3.8, 4) is 5.75 Å². The zero-order chi connectivity index (χ0) is 25.2. The number of amides is 1. The molecule has 2 atom stereocenters. The van der Waals surface area contributed by atoms with Crippen molar-refractivity contribution >= 4 is 23.0 Å². The van der Waals surface area contributed by atoms with E-state index in [0.717, 1.165) is 29.2 Å². The van der Waals surface area contributed by atoms with Crippen molar-refractivity contribution in [1.82, 2.24) is 5.32 Å². The van der Waals surface area contributed by atoms with Crippen LogP contribution in [0.5, 0.6) is 5.75 Å². The molecule has 0 aromatic heterocycles. The van der Waals surface area contributed by atoms with Gasteiger partial charge in [0.1, 0.15) is 11.6 Å². The Morgan fingerprint density at radius 1 is 1.14 bits per heavy atom. The standard InChI is InChI=1S/C27H27FN4O4/c1-36-22-9-6-20(7-10-22)30-12-13-31-25-11-8-21(32(34)35)14-19(25)15-23(26(31)17-30)27(33)29-16-18-4-2-3-5-24(18)28/h2-11,14,23,26H,12-13,15-17H2,1H3,(H,29,33). The number of rotatable bonds is 6. The molecule has 5 rings (SSSR count). The molecule has 3 aromatic rings. The molecule has 1 amide bonds. The summed E-state index contributed by atoms with van der Waals surface area (Å²) in [4.78, 5) is 28.9. The van der Waals surface area contributed by atoms with Gasteiger partial charge in [-0.1, -0.05) is 18.2 Å². The van der Waals surface area contributed by atoms with Gasteiger partial charge in [0, 0.05) is 55.2 Å². The van der Waals surface area contributed by atoms with E-state index in [4.69, 9.17) is 4.74 Å². The van der Waals surface area contributed by atoms with E-state index in [-0.39, 0.29) is 30.0 Å². The zero-order valence-corrected chi connectivity index (χ0v) is 19.9. The maximum absolute atomic E-state index is 14.1. The van der Waals surface area contributed by atoms with Gasteiger partial charge in [-0.25, -0.2) is 4.39 Å². The van der Waals surface area contributed by atoms with Crippen molar-refractivity contribution in [2.75, 3.05) is 36.5 Å². The number of hydrogen-bond acceptors (Lipinski definition) is 6. The average molecular weight is 491 g/mol. The van der Waals surface area contributed by atoms with E-state index >= 15 is 0 Å². The highest BCUT2D eigenvalue weighted by atomic mass is 19.1. The third kappa shape index (κ3) is 4.56. The third-order valence-corrected chi connectivity index (χ3v) is 7.09. The van der Waals surface area contributed by atoms with E-state index in [1.165, 1.54) is 12.1 Å². The zero-order valence-electron chi connectivity index (χ0n) is 19.9. The normalized spacial score (nSPS) is 18.7. The monoisotopic (exact) mass is 490 g/mol. The summed E-state index contributed by atoms with van der Waals surface area (Å²) in [5.41, 5.74) is 3.17. The van der Waals surface area contributed by atoms with Crippen molar-refractivity contribution in [2.24, 2.45) is 5.92 Å². The Labute approximate surface area is 208 Å². The van der Waals surface area contributed by atoms with E-state index in [1.807, 2.05) is 24.3 Å². The number of nitro groups is 1. The van der Waals surface area contributed by atoms with Gasteiger partial charge < -0.3 is 19.9 Å². The van der Waals surface area contributed by atoms with Crippen molar-refractivity contribution in [3.63, 3.8) is 0 Å². The lowest BCUT2D eigenvalue weighted by molar-refractivity contribution is -0.384. The van der Waals surface area contributed by atoms with Crippen molar-refractivity contribution < 1.29 is 18.8 Å². The van der Waals surface area contributed by atoms with Gasteiger partial charge in [-0.05, 0) is 48.4 Å². The molecule has 8 nitrogen and oxygen atoms in total. The number of hydrogen-bond donors (Lipinski definition) is 1. The van der Waals surface area contributed by atoms with Gasteiger partial charge in [-0.3, -0.25) is 14.9 Å². The molecule has 36 heavy (non-hydrogen) atoms. The lowest BCUT2D eigenvalue weighted by Crippen LogP contribution is -2.61. The Morgan fingerprint density at radius 3 is 2.64 bits per heavy atom. The van der Waals surface area contributed by atoms with Gasteiger partial charge >= 0.3 is 0 Å². The molecule has 9 heteroatoms. The van der Waals surface area contributed by atoms with Crippen LogP contribution in [0.3, 0.4) is 0 Å². The molecule has 2 aliphatic rings. The lowest BCUT2D eigenvalue weighted by Gasteiger charge is -2.49. The molecule has 0 saturated carbocycles. The van der Waals surface area contributed by atoms with Crippen LogP contribution in [0.25, 0.3) is 0 Å². The quantitative estimate of drug-likeness (QED) is 0.416. The predicted molar refractivity (Wildman–Crippen MR) is 135 cm³/mol. The van der Waals surface area contributed by atoms with Crippen molar-refractivity contribution in [1.29, 1.82) is 0 Å². The molecule has 1 fully saturated rings. The summed E-state index contributed by atoms with van der Waals surface area (Å²) in [6.07, 6.45) is 0.373. The maximum Gasteiger partial charge on any atom is 0.269 e. The summed E-state index contributed by atoms with van der Waals surface area (Å²) in [6.45, 7) is 2.10.